The molecule has 1 aliphatic heterocycles. The van der Waals surface area contributed by atoms with Gasteiger partial charge in [0, 0.05) is 25.6 Å². The van der Waals surface area contributed by atoms with Crippen molar-refractivity contribution >= 4 is 39.8 Å². The summed E-state index contributed by atoms with van der Waals surface area (Å²) in [6.45, 7) is 4.68. The first-order valence-electron chi connectivity index (χ1n) is 10.3. The number of hydrogen-bond donors (Lipinski definition) is 2. The maximum atomic E-state index is 12.4. The molecule has 0 saturated heterocycles. The normalized spacial score (nSPS) is 17.6. The number of ether oxygens (including phenoxy) is 1. The number of hydrogen-bond acceptors (Lipinski definition) is 4. The van der Waals surface area contributed by atoms with E-state index in [9.17, 15) is 8.42 Å². The van der Waals surface area contributed by atoms with Gasteiger partial charge >= 0.3 is 0 Å². The Kier molecular flexibility index (Phi) is 9.17. The van der Waals surface area contributed by atoms with E-state index in [0.717, 1.165) is 23.3 Å². The lowest BCUT2D eigenvalue weighted by atomic mass is 9.90. The highest BCUT2D eigenvalue weighted by Crippen LogP contribution is 2.39. The summed E-state index contributed by atoms with van der Waals surface area (Å²) in [5, 5.41) is 6.71. The van der Waals surface area contributed by atoms with Gasteiger partial charge in [-0.25, -0.2) is 8.42 Å². The van der Waals surface area contributed by atoms with Gasteiger partial charge in [-0.3, -0.25) is 4.99 Å². The van der Waals surface area contributed by atoms with Crippen LogP contribution in [0.2, 0.25) is 0 Å². The molecule has 0 bridgehead atoms. The highest BCUT2D eigenvalue weighted by molar-refractivity contribution is 14.0. The standard InChI is InChI=1S/C23H31N3O3S.HI/c1-23(2)16-20(19-12-7-8-13-21(19)29-23)26-22(24-3)25-14-9-15-30(27,28)17-18-10-5-4-6-11-18;/h4-8,10-13,20H,9,14-17H2,1-3H3,(H2,24,25,26);1H. The Labute approximate surface area is 202 Å². The lowest BCUT2D eigenvalue weighted by Crippen LogP contribution is -2.45. The molecule has 2 N–H and O–H groups in total. The van der Waals surface area contributed by atoms with Crippen LogP contribution < -0.4 is 15.4 Å². The number of nitrogens with zero attached hydrogens (tertiary/aromatic N) is 1. The van der Waals surface area contributed by atoms with Crippen LogP contribution in [0.3, 0.4) is 0 Å². The van der Waals surface area contributed by atoms with Gasteiger partial charge in [-0.2, -0.15) is 0 Å². The molecule has 1 heterocycles. The molecule has 8 heteroatoms. The molecule has 6 nitrogen and oxygen atoms in total. The van der Waals surface area contributed by atoms with Crippen LogP contribution in [0.15, 0.2) is 59.6 Å². The largest absolute Gasteiger partial charge is 0.487 e. The molecule has 1 unspecified atom stereocenters. The van der Waals surface area contributed by atoms with Crippen molar-refractivity contribution in [1.82, 2.24) is 10.6 Å². The van der Waals surface area contributed by atoms with E-state index in [1.807, 2.05) is 48.5 Å². The molecule has 0 spiro atoms. The highest BCUT2D eigenvalue weighted by Gasteiger charge is 2.33. The lowest BCUT2D eigenvalue weighted by molar-refractivity contribution is 0.0694. The second-order valence-corrected chi connectivity index (χ2v) is 10.4. The third-order valence-electron chi connectivity index (χ3n) is 5.06. The average molecular weight is 557 g/mol. The monoisotopic (exact) mass is 557 g/mol. The Hall–Kier alpha value is -1.81. The Morgan fingerprint density at radius 3 is 2.52 bits per heavy atom. The molecular weight excluding hydrogens is 525 g/mol. The van der Waals surface area contributed by atoms with Gasteiger partial charge in [-0.1, -0.05) is 48.5 Å². The van der Waals surface area contributed by atoms with E-state index in [4.69, 9.17) is 4.74 Å². The molecule has 1 aliphatic rings. The number of fused-ring (bicyclic) bond motifs is 1. The van der Waals surface area contributed by atoms with Gasteiger partial charge in [-0.15, -0.1) is 24.0 Å². The van der Waals surface area contributed by atoms with Crippen LogP contribution in [-0.4, -0.2) is 39.3 Å². The molecule has 0 saturated carbocycles. The van der Waals surface area contributed by atoms with Crippen molar-refractivity contribution < 1.29 is 13.2 Å². The quantitative estimate of drug-likeness (QED) is 0.232. The van der Waals surface area contributed by atoms with E-state index >= 15 is 0 Å². The summed E-state index contributed by atoms with van der Waals surface area (Å²) >= 11 is 0. The van der Waals surface area contributed by atoms with Crippen molar-refractivity contribution in [2.24, 2.45) is 4.99 Å². The maximum Gasteiger partial charge on any atom is 0.191 e. The van der Waals surface area contributed by atoms with E-state index in [2.05, 4.69) is 35.5 Å². The molecular formula is C23H32IN3O3S. The molecule has 0 fully saturated rings. The minimum absolute atomic E-state index is 0. The first-order chi connectivity index (χ1) is 14.3. The first kappa shape index (κ1) is 25.5. The van der Waals surface area contributed by atoms with Crippen molar-refractivity contribution in [3.63, 3.8) is 0 Å². The number of nitrogens with one attached hydrogen (secondary N) is 2. The first-order valence-corrected chi connectivity index (χ1v) is 12.1. The zero-order valence-corrected chi connectivity index (χ0v) is 21.4. The summed E-state index contributed by atoms with van der Waals surface area (Å²) < 4.78 is 30.8. The van der Waals surface area contributed by atoms with Gasteiger partial charge in [0.15, 0.2) is 15.8 Å². The van der Waals surface area contributed by atoms with Gasteiger partial charge in [-0.05, 0) is 31.9 Å². The van der Waals surface area contributed by atoms with Gasteiger partial charge in [0.1, 0.15) is 11.4 Å². The minimum atomic E-state index is -3.14. The lowest BCUT2D eigenvalue weighted by Gasteiger charge is -2.38. The van der Waals surface area contributed by atoms with Crippen molar-refractivity contribution in [3.05, 3.63) is 65.7 Å². The molecule has 1 atom stereocenters. The number of para-hydroxylation sites is 1. The number of benzene rings is 2. The number of sulfone groups is 1. The topological polar surface area (TPSA) is 79.8 Å². The predicted octanol–water partition coefficient (Wildman–Crippen LogP) is 4.08. The van der Waals surface area contributed by atoms with Crippen molar-refractivity contribution in [2.75, 3.05) is 19.3 Å². The Bertz CT molecular complexity index is 979. The molecule has 31 heavy (non-hydrogen) atoms. The van der Waals surface area contributed by atoms with Crippen LogP contribution in [-0.2, 0) is 15.6 Å². The third kappa shape index (κ3) is 7.68. The van der Waals surface area contributed by atoms with Crippen LogP contribution in [0.4, 0.5) is 0 Å². The van der Waals surface area contributed by atoms with Crippen LogP contribution in [0.5, 0.6) is 5.75 Å². The third-order valence-corrected chi connectivity index (χ3v) is 6.75. The molecule has 170 valence electrons. The van der Waals surface area contributed by atoms with Gasteiger partial charge < -0.3 is 15.4 Å². The molecule has 2 aromatic rings. The summed E-state index contributed by atoms with van der Waals surface area (Å²) in [5.74, 6) is 1.76. The fourth-order valence-electron chi connectivity index (χ4n) is 3.69. The van der Waals surface area contributed by atoms with E-state index in [1.165, 1.54) is 0 Å². The summed E-state index contributed by atoms with van der Waals surface area (Å²) in [6, 6.07) is 17.4. The van der Waals surface area contributed by atoms with Crippen LogP contribution in [0.1, 0.15) is 43.9 Å². The number of guanidine groups is 1. The van der Waals surface area contributed by atoms with E-state index in [0.29, 0.717) is 18.9 Å². The maximum absolute atomic E-state index is 12.4. The smallest absolute Gasteiger partial charge is 0.191 e. The minimum Gasteiger partial charge on any atom is -0.487 e. The molecule has 0 amide bonds. The number of halogens is 1. The Balaban J connectivity index is 0.00000341. The Morgan fingerprint density at radius 1 is 1.13 bits per heavy atom. The SMILES string of the molecule is CN=C(NCCCS(=O)(=O)Cc1ccccc1)NC1CC(C)(C)Oc2ccccc21.I. The summed E-state index contributed by atoms with van der Waals surface area (Å²) in [5.41, 5.74) is 1.64. The molecule has 2 aromatic carbocycles. The van der Waals surface area contributed by atoms with Crippen molar-refractivity contribution in [2.45, 2.75) is 44.1 Å². The van der Waals surface area contributed by atoms with Gasteiger partial charge in [0.25, 0.3) is 0 Å². The van der Waals surface area contributed by atoms with Crippen LogP contribution >= 0.6 is 24.0 Å². The Morgan fingerprint density at radius 2 is 1.81 bits per heavy atom. The average Bonchev–Trinajstić information content (AvgIpc) is 2.69. The van der Waals surface area contributed by atoms with E-state index in [1.54, 1.807) is 7.05 Å². The van der Waals surface area contributed by atoms with Crippen LogP contribution in [0.25, 0.3) is 0 Å². The number of rotatable bonds is 7. The van der Waals surface area contributed by atoms with Gasteiger partial charge in [0.05, 0.1) is 17.5 Å². The molecule has 0 aliphatic carbocycles. The predicted molar refractivity (Wildman–Crippen MR) is 137 cm³/mol. The van der Waals surface area contributed by atoms with E-state index in [-0.39, 0.29) is 47.1 Å². The van der Waals surface area contributed by atoms with E-state index < -0.39 is 9.84 Å². The fraction of sp³-hybridized carbons (Fsp3) is 0.435. The second kappa shape index (κ2) is 11.2. The second-order valence-electron chi connectivity index (χ2n) is 8.23. The fourth-order valence-corrected chi connectivity index (χ4v) is 5.12. The number of aliphatic imine (C=N–C) groups is 1. The summed E-state index contributed by atoms with van der Waals surface area (Å²) in [7, 11) is -1.42. The molecule has 0 radical (unpaired) electrons. The van der Waals surface area contributed by atoms with Crippen LogP contribution in [0, 0.1) is 0 Å². The highest BCUT2D eigenvalue weighted by atomic mass is 127. The molecule has 3 rings (SSSR count). The summed E-state index contributed by atoms with van der Waals surface area (Å²) in [4.78, 5) is 4.31. The van der Waals surface area contributed by atoms with Gasteiger partial charge in [0.2, 0.25) is 0 Å². The van der Waals surface area contributed by atoms with Crippen molar-refractivity contribution in [3.8, 4) is 5.75 Å². The molecule has 0 aromatic heterocycles. The zero-order valence-electron chi connectivity index (χ0n) is 18.3. The van der Waals surface area contributed by atoms with Crippen molar-refractivity contribution in [1.29, 1.82) is 0 Å². The summed E-state index contributed by atoms with van der Waals surface area (Å²) in [6.07, 6.45) is 1.32. The zero-order chi connectivity index (χ0) is 21.6.